The quantitative estimate of drug-likeness (QED) is 0.241. The van der Waals surface area contributed by atoms with E-state index in [2.05, 4.69) is 10.1 Å². The summed E-state index contributed by atoms with van der Waals surface area (Å²) in [6.07, 6.45) is 12.5. The van der Waals surface area contributed by atoms with Crippen LogP contribution in [0.25, 0.3) is 0 Å². The van der Waals surface area contributed by atoms with Crippen molar-refractivity contribution in [2.45, 2.75) is 84.6 Å². The molecule has 0 saturated heterocycles. The number of nitrogens with two attached hydrogens (primary N) is 1. The zero-order valence-corrected chi connectivity index (χ0v) is 28.4. The first kappa shape index (κ1) is 34.7. The lowest BCUT2D eigenvalue weighted by Gasteiger charge is -2.16. The number of ether oxygens (including phenoxy) is 2. The summed E-state index contributed by atoms with van der Waals surface area (Å²) >= 11 is 37.0. The first-order valence-electron chi connectivity index (χ1n) is 13.9. The largest absolute Gasteiger partial charge is 0.449 e. The summed E-state index contributed by atoms with van der Waals surface area (Å²) in [7, 11) is 0. The van der Waals surface area contributed by atoms with Crippen LogP contribution < -0.4 is 11.1 Å². The number of aromatic nitrogens is 2. The van der Waals surface area contributed by atoms with Crippen molar-refractivity contribution >= 4 is 104 Å². The van der Waals surface area contributed by atoms with Gasteiger partial charge in [-0.1, -0.05) is 69.6 Å². The van der Waals surface area contributed by atoms with Crippen LogP contribution in [0.1, 0.15) is 70.7 Å². The first-order valence-corrected chi connectivity index (χ1v) is 16.6. The van der Waals surface area contributed by atoms with Gasteiger partial charge in [0.15, 0.2) is 0 Å². The van der Waals surface area contributed by atoms with Gasteiger partial charge in [0.25, 0.3) is 0 Å². The van der Waals surface area contributed by atoms with Gasteiger partial charge >= 0.3 is 11.5 Å². The molecular weight excluding hydrogens is 705 g/mol. The van der Waals surface area contributed by atoms with Gasteiger partial charge in [-0.25, -0.2) is 9.59 Å². The monoisotopic (exact) mass is 732 g/mol. The van der Waals surface area contributed by atoms with Gasteiger partial charge in [-0.15, -0.1) is 0 Å². The molecule has 0 aromatic carbocycles. The van der Waals surface area contributed by atoms with Crippen molar-refractivity contribution in [3.8, 4) is 0 Å². The predicted octanol–water partition coefficient (Wildman–Crippen LogP) is 8.35. The second-order valence-corrected chi connectivity index (χ2v) is 15.9. The molecule has 0 radical (unpaired) electrons. The number of alkyl halides is 6. The van der Waals surface area contributed by atoms with Crippen LogP contribution in [0.5, 0.6) is 0 Å². The minimum atomic E-state index is -1.60. The number of hydrogen-bond acceptors (Lipinski definition) is 7. The summed E-state index contributed by atoms with van der Waals surface area (Å²) in [6.45, 7) is -0.612. The Kier molecular flexibility index (Phi) is 12.1. The van der Waals surface area contributed by atoms with E-state index in [1.165, 1.54) is 35.4 Å². The Morgan fingerprint density at radius 1 is 0.651 bits per heavy atom. The van der Waals surface area contributed by atoms with E-state index in [-0.39, 0.29) is 13.2 Å². The van der Waals surface area contributed by atoms with Gasteiger partial charge in [0.1, 0.15) is 13.2 Å². The number of fused-ring (bicyclic) bond motifs is 4. The summed E-state index contributed by atoms with van der Waals surface area (Å²) in [6, 6.07) is 0. The Bertz CT molecular complexity index is 1300. The zero-order valence-electron chi connectivity index (χ0n) is 23.2. The summed E-state index contributed by atoms with van der Waals surface area (Å²) < 4.78 is 5.92. The second-order valence-electron chi connectivity index (χ2n) is 10.6. The molecule has 2 aromatic rings. The molecule has 0 unspecified atom stereocenters. The summed E-state index contributed by atoms with van der Waals surface area (Å²) in [5, 5.41) is 2.84. The van der Waals surface area contributed by atoms with Crippen molar-refractivity contribution in [3.05, 3.63) is 45.0 Å². The number of nitrogens with zero attached hydrogens (tertiary/aromatic N) is 2. The lowest BCUT2D eigenvalue weighted by Crippen LogP contribution is -2.22. The molecule has 0 spiro atoms. The summed E-state index contributed by atoms with van der Waals surface area (Å²) in [4.78, 5) is 31.2. The Hall–Kier alpha value is -1.13. The standard InChI is InChI=1S/C14H15Cl3N2O2.C11H14N2.C3H2Cl4O2/c15-14(16,17)7-21-13(20)19-12-8-3-1-5-10(8)18-11-6-2-4-9(11)12;12-11-7-3-1-5-9(7)13-10-6-2-4-8(10)11;4-2(8)9-1-3(5,6)7/h1-7H2,(H,18,19,20);1-6H2,(H2,12,13);1H2. The van der Waals surface area contributed by atoms with E-state index < -0.39 is 19.1 Å². The van der Waals surface area contributed by atoms with Crippen molar-refractivity contribution in [3.63, 3.8) is 0 Å². The predicted molar refractivity (Wildman–Crippen MR) is 174 cm³/mol. The fourth-order valence-electron chi connectivity index (χ4n) is 5.79. The number of aryl methyl sites for hydroxylation is 4. The number of carbonyl (C=O) groups excluding carboxylic acids is 2. The number of carbonyl (C=O) groups is 2. The zero-order chi connectivity index (χ0) is 31.4. The number of rotatable bonds is 3. The third kappa shape index (κ3) is 9.93. The summed E-state index contributed by atoms with van der Waals surface area (Å²) in [5.74, 6) is 0. The fraction of sp³-hybridized carbons (Fsp3) is 0.571. The second kappa shape index (κ2) is 15.0. The molecule has 0 aliphatic heterocycles. The molecule has 2 aromatic heterocycles. The lowest BCUT2D eigenvalue weighted by atomic mass is 10.1. The molecule has 0 fully saturated rings. The number of amides is 1. The molecule has 2 heterocycles. The van der Waals surface area contributed by atoms with Gasteiger partial charge in [0, 0.05) is 40.1 Å². The highest BCUT2D eigenvalue weighted by Gasteiger charge is 2.28. The van der Waals surface area contributed by atoms with E-state index in [1.54, 1.807) is 0 Å². The van der Waals surface area contributed by atoms with Crippen molar-refractivity contribution in [1.82, 2.24) is 9.97 Å². The Balaban J connectivity index is 0.000000164. The van der Waals surface area contributed by atoms with Crippen LogP contribution in [0.2, 0.25) is 0 Å². The number of nitrogens with one attached hydrogen (secondary N) is 1. The number of pyridine rings is 2. The minimum Gasteiger partial charge on any atom is -0.449 e. The maximum Gasteiger partial charge on any atom is 0.411 e. The Labute approximate surface area is 285 Å². The molecule has 0 atom stereocenters. The fourth-order valence-corrected chi connectivity index (χ4v) is 6.17. The van der Waals surface area contributed by atoms with E-state index in [0.717, 1.165) is 98.1 Å². The third-order valence-corrected chi connectivity index (χ3v) is 8.26. The van der Waals surface area contributed by atoms with Gasteiger partial charge in [-0.05, 0) is 99.3 Å². The van der Waals surface area contributed by atoms with Crippen LogP contribution >= 0.6 is 81.2 Å². The van der Waals surface area contributed by atoms with Crippen LogP contribution in [0.4, 0.5) is 21.0 Å². The van der Waals surface area contributed by atoms with Crippen molar-refractivity contribution < 1.29 is 19.1 Å². The van der Waals surface area contributed by atoms with E-state index in [1.807, 2.05) is 0 Å². The van der Waals surface area contributed by atoms with E-state index >= 15 is 0 Å². The lowest BCUT2D eigenvalue weighted by molar-refractivity contribution is 0.164. The van der Waals surface area contributed by atoms with Crippen LogP contribution in [0.15, 0.2) is 0 Å². The molecule has 3 N–H and O–H groups in total. The molecule has 236 valence electrons. The van der Waals surface area contributed by atoms with Gasteiger partial charge in [-0.3, -0.25) is 15.3 Å². The average molecular weight is 736 g/mol. The van der Waals surface area contributed by atoms with Gasteiger partial charge < -0.3 is 15.2 Å². The molecule has 43 heavy (non-hydrogen) atoms. The van der Waals surface area contributed by atoms with E-state index in [0.29, 0.717) is 0 Å². The smallest absolute Gasteiger partial charge is 0.411 e. The van der Waals surface area contributed by atoms with Crippen LogP contribution in [-0.2, 0) is 60.8 Å². The van der Waals surface area contributed by atoms with E-state index in [9.17, 15) is 9.59 Å². The average Bonchev–Trinajstić information content (AvgIpc) is 3.73. The molecular formula is C28H31Cl7N4O4. The highest BCUT2D eigenvalue weighted by Crippen LogP contribution is 2.37. The normalized spacial score (nSPS) is 16.1. The summed E-state index contributed by atoms with van der Waals surface area (Å²) in [5.41, 5.74) is 16.9. The Morgan fingerprint density at radius 3 is 1.40 bits per heavy atom. The maximum atomic E-state index is 11.9. The molecule has 1 amide bonds. The number of nitrogen functional groups attached to an aromatic ring is 1. The highest BCUT2D eigenvalue weighted by molar-refractivity contribution is 6.68. The Morgan fingerprint density at radius 2 is 1.02 bits per heavy atom. The molecule has 4 aliphatic carbocycles. The molecule has 6 rings (SSSR count). The molecule has 15 heteroatoms. The van der Waals surface area contributed by atoms with Gasteiger partial charge in [-0.2, -0.15) is 0 Å². The number of anilines is 2. The molecule has 0 bridgehead atoms. The maximum absolute atomic E-state index is 11.9. The molecule has 8 nitrogen and oxygen atoms in total. The topological polar surface area (TPSA) is 116 Å². The highest BCUT2D eigenvalue weighted by atomic mass is 35.6. The van der Waals surface area contributed by atoms with Crippen LogP contribution in [0, 0.1) is 0 Å². The first-order chi connectivity index (χ1) is 20.2. The van der Waals surface area contributed by atoms with Crippen molar-refractivity contribution in [2.75, 3.05) is 24.3 Å². The molecule has 0 saturated carbocycles. The number of halogens is 7. The van der Waals surface area contributed by atoms with Crippen LogP contribution in [-0.4, -0.2) is 42.3 Å². The van der Waals surface area contributed by atoms with Gasteiger partial charge in [0.2, 0.25) is 7.59 Å². The van der Waals surface area contributed by atoms with Crippen molar-refractivity contribution in [1.29, 1.82) is 0 Å². The number of hydrogen-bond donors (Lipinski definition) is 2. The van der Waals surface area contributed by atoms with E-state index in [4.69, 9.17) is 102 Å². The van der Waals surface area contributed by atoms with Crippen molar-refractivity contribution in [2.24, 2.45) is 0 Å². The van der Waals surface area contributed by atoms with Gasteiger partial charge in [0.05, 0.1) is 5.69 Å². The minimum absolute atomic E-state index is 0.279. The molecule has 4 aliphatic rings. The third-order valence-electron chi connectivity index (χ3n) is 7.49. The van der Waals surface area contributed by atoms with Crippen LogP contribution in [0.3, 0.4) is 0 Å². The SMILES string of the molecule is Nc1c2c(nc3c1CCC3)CCC2.O=C(Cl)OCC(Cl)(Cl)Cl.O=C(Nc1c2c(nc3c1CCC3)CCC2)OCC(Cl)(Cl)Cl.